The molecule has 0 bridgehead atoms. The van der Waals surface area contributed by atoms with Gasteiger partial charge in [-0.3, -0.25) is 4.79 Å². The molecule has 4 heteroatoms. The highest BCUT2D eigenvalue weighted by molar-refractivity contribution is 6.45. The zero-order valence-corrected chi connectivity index (χ0v) is 11.8. The fourth-order valence-corrected chi connectivity index (χ4v) is 1.48. The minimum atomic E-state index is -0.247. The quantitative estimate of drug-likeness (QED) is 0.659. The van der Waals surface area contributed by atoms with Crippen molar-refractivity contribution < 1.29 is 9.63 Å². The molecule has 0 fully saturated rings. The maximum atomic E-state index is 11.6. The molecule has 1 N–H and O–H groups in total. The number of hydrogen-bond donors (Lipinski definition) is 1. The van der Waals surface area contributed by atoms with Crippen molar-refractivity contribution in [3.8, 4) is 0 Å². The van der Waals surface area contributed by atoms with Crippen molar-refractivity contribution in [2.45, 2.75) is 27.2 Å². The van der Waals surface area contributed by atoms with Crippen LogP contribution in [0.5, 0.6) is 0 Å². The molecule has 0 aliphatic rings. The van der Waals surface area contributed by atoms with Gasteiger partial charge >= 0.3 is 0 Å². The van der Waals surface area contributed by atoms with Gasteiger partial charge < -0.3 is 10.2 Å². The second-order valence-electron chi connectivity index (χ2n) is 3.21. The van der Waals surface area contributed by atoms with E-state index in [0.29, 0.717) is 5.71 Å². The van der Waals surface area contributed by atoms with Crippen LogP contribution in [0.1, 0.15) is 31.9 Å². The lowest BCUT2D eigenvalue weighted by Crippen LogP contribution is -2.29. The average Bonchev–Trinajstić information content (AvgIpc) is 2.46. The molecule has 0 unspecified atom stereocenters. The zero-order chi connectivity index (χ0) is 14.0. The molecule has 0 saturated heterocycles. The molecular formula is C14H22N2O2. The lowest BCUT2D eigenvalue weighted by Gasteiger charge is -2.08. The maximum Gasteiger partial charge on any atom is 0.273 e. The van der Waals surface area contributed by atoms with Crippen LogP contribution in [0.3, 0.4) is 0 Å². The van der Waals surface area contributed by atoms with E-state index in [-0.39, 0.29) is 5.91 Å². The van der Waals surface area contributed by atoms with Crippen molar-refractivity contribution >= 4 is 11.6 Å². The number of oxime groups is 1. The predicted molar refractivity (Wildman–Crippen MR) is 74.8 cm³/mol. The van der Waals surface area contributed by atoms with Crippen LogP contribution in [0.25, 0.3) is 0 Å². The third-order valence-electron chi connectivity index (χ3n) is 2.28. The lowest BCUT2D eigenvalue weighted by molar-refractivity contribution is -0.114. The van der Waals surface area contributed by atoms with E-state index in [0.717, 1.165) is 17.5 Å². The van der Waals surface area contributed by atoms with Gasteiger partial charge in [0.05, 0.1) is 0 Å². The number of rotatable bonds is 4. The van der Waals surface area contributed by atoms with E-state index in [1.807, 2.05) is 45.0 Å². The average molecular weight is 250 g/mol. The number of nitrogens with one attached hydrogen (secondary N) is 1. The van der Waals surface area contributed by atoms with Crippen LogP contribution >= 0.6 is 0 Å². The topological polar surface area (TPSA) is 50.7 Å². The van der Waals surface area contributed by atoms with E-state index >= 15 is 0 Å². The Morgan fingerprint density at radius 1 is 1.33 bits per heavy atom. The Bertz CT molecular complexity index is 401. The molecule has 0 aliphatic carbocycles. The second-order valence-corrected chi connectivity index (χ2v) is 3.21. The maximum absolute atomic E-state index is 11.6. The van der Waals surface area contributed by atoms with Crippen LogP contribution < -0.4 is 5.32 Å². The summed E-state index contributed by atoms with van der Waals surface area (Å²) < 4.78 is 0. The predicted octanol–water partition coefficient (Wildman–Crippen LogP) is 2.37. The minimum Gasteiger partial charge on any atom is -0.398 e. The highest BCUT2D eigenvalue weighted by Gasteiger charge is 2.15. The molecule has 1 amide bonds. The summed E-state index contributed by atoms with van der Waals surface area (Å²) in [6.07, 6.45) is 0.843. The van der Waals surface area contributed by atoms with Gasteiger partial charge in [0.1, 0.15) is 7.11 Å². The van der Waals surface area contributed by atoms with Gasteiger partial charge in [-0.1, -0.05) is 50.2 Å². The van der Waals surface area contributed by atoms with Gasteiger partial charge in [0.25, 0.3) is 5.91 Å². The van der Waals surface area contributed by atoms with E-state index in [1.165, 1.54) is 7.11 Å². The Morgan fingerprint density at radius 2 is 1.94 bits per heavy atom. The van der Waals surface area contributed by atoms with Crippen molar-refractivity contribution in [2.24, 2.45) is 5.16 Å². The minimum absolute atomic E-state index is 0.247. The van der Waals surface area contributed by atoms with E-state index in [1.54, 1.807) is 7.05 Å². The van der Waals surface area contributed by atoms with Gasteiger partial charge in [-0.15, -0.1) is 0 Å². The molecular weight excluding hydrogens is 228 g/mol. The Kier molecular flexibility index (Phi) is 8.27. The molecule has 0 heterocycles. The van der Waals surface area contributed by atoms with Crippen molar-refractivity contribution in [2.75, 3.05) is 14.2 Å². The molecule has 1 aromatic rings. The van der Waals surface area contributed by atoms with Gasteiger partial charge in [0.15, 0.2) is 5.71 Å². The number of benzene rings is 1. The third-order valence-corrected chi connectivity index (χ3v) is 2.28. The molecule has 4 nitrogen and oxygen atoms in total. The molecule has 0 aromatic heterocycles. The standard InChI is InChI=1S/C12H16N2O2.C2H6/c1-4-9-7-5-6-8-10(9)11(14-16-3)12(15)13-2;1-2/h5-8H,4H2,1-3H3,(H,13,15);1-2H3/b14-11-;. The smallest absolute Gasteiger partial charge is 0.273 e. The van der Waals surface area contributed by atoms with Crippen LogP contribution in [-0.4, -0.2) is 25.8 Å². The van der Waals surface area contributed by atoms with Gasteiger partial charge in [-0.05, 0) is 12.0 Å². The van der Waals surface area contributed by atoms with Gasteiger partial charge in [0, 0.05) is 12.6 Å². The summed E-state index contributed by atoms with van der Waals surface area (Å²) in [5.41, 5.74) is 2.19. The summed E-state index contributed by atoms with van der Waals surface area (Å²) in [6.45, 7) is 6.03. The van der Waals surface area contributed by atoms with Crippen molar-refractivity contribution in [3.63, 3.8) is 0 Å². The van der Waals surface area contributed by atoms with Crippen LogP contribution in [0.2, 0.25) is 0 Å². The fraction of sp³-hybridized carbons (Fsp3) is 0.429. The van der Waals surface area contributed by atoms with Gasteiger partial charge in [0.2, 0.25) is 0 Å². The SMILES string of the molecule is CC.CCc1ccccc1/C(=N/OC)C(=O)NC. The summed E-state index contributed by atoms with van der Waals surface area (Å²) in [6, 6.07) is 7.66. The Balaban J connectivity index is 0.00000137. The number of aryl methyl sites for hydroxylation is 1. The van der Waals surface area contributed by atoms with E-state index < -0.39 is 0 Å². The highest BCUT2D eigenvalue weighted by atomic mass is 16.6. The van der Waals surface area contributed by atoms with Crippen molar-refractivity contribution in [1.29, 1.82) is 0 Å². The first kappa shape index (κ1) is 16.2. The molecule has 1 aromatic carbocycles. The lowest BCUT2D eigenvalue weighted by atomic mass is 10.0. The molecule has 18 heavy (non-hydrogen) atoms. The third kappa shape index (κ3) is 4.20. The monoisotopic (exact) mass is 250 g/mol. The summed E-state index contributed by atoms with van der Waals surface area (Å²) in [4.78, 5) is 16.4. The number of nitrogens with zero attached hydrogens (tertiary/aromatic N) is 1. The number of hydrogen-bond acceptors (Lipinski definition) is 3. The number of carbonyl (C=O) groups excluding carboxylic acids is 1. The molecule has 100 valence electrons. The van der Waals surface area contributed by atoms with E-state index in [9.17, 15) is 4.79 Å². The summed E-state index contributed by atoms with van der Waals surface area (Å²) in [5.74, 6) is -0.247. The number of likely N-dealkylation sites (N-methyl/N-ethyl adjacent to an activating group) is 1. The van der Waals surface area contributed by atoms with Crippen LogP contribution in [-0.2, 0) is 16.1 Å². The van der Waals surface area contributed by atoms with E-state index in [2.05, 4.69) is 10.5 Å². The molecule has 0 saturated carbocycles. The first-order valence-corrected chi connectivity index (χ1v) is 6.16. The Morgan fingerprint density at radius 3 is 2.44 bits per heavy atom. The first-order valence-electron chi connectivity index (χ1n) is 6.16. The summed E-state index contributed by atoms with van der Waals surface area (Å²) >= 11 is 0. The van der Waals surface area contributed by atoms with Crippen LogP contribution in [0, 0.1) is 0 Å². The van der Waals surface area contributed by atoms with Crippen LogP contribution in [0.15, 0.2) is 29.4 Å². The largest absolute Gasteiger partial charge is 0.398 e. The zero-order valence-electron chi connectivity index (χ0n) is 11.8. The molecule has 0 spiro atoms. The molecule has 0 atom stereocenters. The van der Waals surface area contributed by atoms with E-state index in [4.69, 9.17) is 4.84 Å². The summed E-state index contributed by atoms with van der Waals surface area (Å²) in [7, 11) is 3.00. The summed E-state index contributed by atoms with van der Waals surface area (Å²) in [5, 5.41) is 6.33. The van der Waals surface area contributed by atoms with Crippen molar-refractivity contribution in [1.82, 2.24) is 5.32 Å². The number of carbonyl (C=O) groups is 1. The first-order chi connectivity index (χ1) is 8.74. The normalized spacial score (nSPS) is 10.2. The fourth-order valence-electron chi connectivity index (χ4n) is 1.48. The van der Waals surface area contributed by atoms with Gasteiger partial charge in [-0.2, -0.15) is 0 Å². The number of amides is 1. The van der Waals surface area contributed by atoms with Crippen molar-refractivity contribution in [3.05, 3.63) is 35.4 Å². The highest BCUT2D eigenvalue weighted by Crippen LogP contribution is 2.11. The second kappa shape index (κ2) is 9.22. The molecule has 1 rings (SSSR count). The Hall–Kier alpha value is -1.84. The Labute approximate surface area is 109 Å². The molecule has 0 aliphatic heterocycles. The van der Waals surface area contributed by atoms with Gasteiger partial charge in [-0.25, -0.2) is 0 Å². The van der Waals surface area contributed by atoms with Crippen LogP contribution in [0.4, 0.5) is 0 Å². The molecule has 0 radical (unpaired) electrons.